The van der Waals surface area contributed by atoms with E-state index < -0.39 is 0 Å². The number of benzene rings is 1. The molecule has 0 aliphatic heterocycles. The molecule has 2 unspecified atom stereocenters. The van der Waals surface area contributed by atoms with Gasteiger partial charge in [-0.2, -0.15) is 0 Å². The average molecular weight is 377 g/mol. The summed E-state index contributed by atoms with van der Waals surface area (Å²) in [6.45, 7) is 8.41. The van der Waals surface area contributed by atoms with Crippen LogP contribution in [-0.2, 0) is 4.79 Å². The maximum atomic E-state index is 12.4. The molecule has 0 aliphatic carbocycles. The van der Waals surface area contributed by atoms with Crippen LogP contribution in [0, 0.1) is 13.8 Å². The van der Waals surface area contributed by atoms with E-state index in [4.69, 9.17) is 9.47 Å². The minimum Gasteiger partial charge on any atom is -0.497 e. The first-order valence-corrected chi connectivity index (χ1v) is 9.50. The Bertz CT molecular complexity index is 758. The number of methoxy groups -OCH3 is 2. The highest BCUT2D eigenvalue weighted by molar-refractivity contribution is 7.12. The Morgan fingerprint density at radius 2 is 1.88 bits per heavy atom. The highest BCUT2D eigenvalue weighted by atomic mass is 32.1. The molecule has 142 valence electrons. The quantitative estimate of drug-likeness (QED) is 0.715. The van der Waals surface area contributed by atoms with Crippen molar-refractivity contribution in [1.29, 1.82) is 0 Å². The van der Waals surface area contributed by atoms with Gasteiger partial charge in [0.2, 0.25) is 5.91 Å². The van der Waals surface area contributed by atoms with Crippen LogP contribution in [0.4, 0.5) is 5.69 Å². The SMILES string of the molecule is COc1ccc(NC(=O)CC(C)NC(C)c2cc(C)sc2C)c(OC)c1. The van der Waals surface area contributed by atoms with Crippen LogP contribution in [0.2, 0.25) is 0 Å². The zero-order valence-electron chi connectivity index (χ0n) is 16.3. The molecule has 0 saturated carbocycles. The average Bonchev–Trinajstić information content (AvgIpc) is 2.93. The summed E-state index contributed by atoms with van der Waals surface area (Å²) in [6.07, 6.45) is 0.377. The maximum Gasteiger partial charge on any atom is 0.226 e. The van der Waals surface area contributed by atoms with E-state index in [1.54, 1.807) is 43.8 Å². The predicted octanol–water partition coefficient (Wildman–Crippen LogP) is 4.45. The molecule has 0 fully saturated rings. The molecule has 0 bridgehead atoms. The van der Waals surface area contributed by atoms with Gasteiger partial charge in [-0.15, -0.1) is 11.3 Å². The number of amides is 1. The van der Waals surface area contributed by atoms with E-state index >= 15 is 0 Å². The molecule has 5 nitrogen and oxygen atoms in total. The van der Waals surface area contributed by atoms with E-state index in [9.17, 15) is 4.79 Å². The summed E-state index contributed by atoms with van der Waals surface area (Å²) in [5.41, 5.74) is 1.94. The third-order valence-electron chi connectivity index (χ3n) is 4.25. The largest absolute Gasteiger partial charge is 0.497 e. The third kappa shape index (κ3) is 5.22. The fourth-order valence-corrected chi connectivity index (χ4v) is 4.06. The number of nitrogens with one attached hydrogen (secondary N) is 2. The molecule has 0 saturated heterocycles. The molecule has 1 heterocycles. The summed E-state index contributed by atoms with van der Waals surface area (Å²) < 4.78 is 10.5. The molecule has 2 aromatic rings. The lowest BCUT2D eigenvalue weighted by Gasteiger charge is -2.20. The van der Waals surface area contributed by atoms with Crippen molar-refractivity contribution in [3.63, 3.8) is 0 Å². The van der Waals surface area contributed by atoms with Crippen molar-refractivity contribution in [3.05, 3.63) is 39.6 Å². The predicted molar refractivity (Wildman–Crippen MR) is 108 cm³/mol. The van der Waals surface area contributed by atoms with Crippen molar-refractivity contribution in [2.24, 2.45) is 0 Å². The summed E-state index contributed by atoms with van der Waals surface area (Å²) in [5, 5.41) is 6.42. The van der Waals surface area contributed by atoms with E-state index in [-0.39, 0.29) is 18.0 Å². The molecule has 0 radical (unpaired) electrons. The summed E-state index contributed by atoms with van der Waals surface area (Å²) >= 11 is 1.80. The lowest BCUT2D eigenvalue weighted by atomic mass is 10.1. The molecule has 26 heavy (non-hydrogen) atoms. The zero-order chi connectivity index (χ0) is 19.3. The van der Waals surface area contributed by atoms with Gasteiger partial charge in [-0.1, -0.05) is 0 Å². The number of ether oxygens (including phenoxy) is 2. The summed E-state index contributed by atoms with van der Waals surface area (Å²) in [5.74, 6) is 1.21. The minimum atomic E-state index is -0.0566. The summed E-state index contributed by atoms with van der Waals surface area (Å²) in [4.78, 5) is 15.0. The van der Waals surface area contributed by atoms with E-state index in [0.29, 0.717) is 23.6 Å². The van der Waals surface area contributed by atoms with E-state index in [1.807, 2.05) is 6.92 Å². The van der Waals surface area contributed by atoms with Crippen LogP contribution in [0.5, 0.6) is 11.5 Å². The first-order valence-electron chi connectivity index (χ1n) is 8.69. The van der Waals surface area contributed by atoms with Crippen LogP contribution in [0.3, 0.4) is 0 Å². The van der Waals surface area contributed by atoms with Gasteiger partial charge in [0.25, 0.3) is 0 Å². The molecule has 2 N–H and O–H groups in total. The summed E-state index contributed by atoms with van der Waals surface area (Å²) in [6, 6.07) is 7.80. The first kappa shape index (κ1) is 20.3. The third-order valence-corrected chi connectivity index (χ3v) is 5.24. The van der Waals surface area contributed by atoms with Gasteiger partial charge in [-0.25, -0.2) is 0 Å². The lowest BCUT2D eigenvalue weighted by Crippen LogP contribution is -2.32. The lowest BCUT2D eigenvalue weighted by molar-refractivity contribution is -0.116. The van der Waals surface area contributed by atoms with Crippen molar-refractivity contribution in [2.75, 3.05) is 19.5 Å². The van der Waals surface area contributed by atoms with Crippen molar-refractivity contribution in [1.82, 2.24) is 5.32 Å². The van der Waals surface area contributed by atoms with Gasteiger partial charge in [0.1, 0.15) is 11.5 Å². The van der Waals surface area contributed by atoms with Gasteiger partial charge in [-0.05, 0) is 51.5 Å². The van der Waals surface area contributed by atoms with Crippen LogP contribution < -0.4 is 20.1 Å². The van der Waals surface area contributed by atoms with Crippen LogP contribution in [-0.4, -0.2) is 26.2 Å². The minimum absolute atomic E-state index is 0.0499. The molecule has 1 amide bonds. The highest BCUT2D eigenvalue weighted by Gasteiger charge is 2.17. The Kier molecular flexibility index (Phi) is 7.06. The number of anilines is 1. The molecule has 0 aliphatic rings. The van der Waals surface area contributed by atoms with Gasteiger partial charge in [0, 0.05) is 34.3 Å². The van der Waals surface area contributed by atoms with Crippen LogP contribution in [0.25, 0.3) is 0 Å². The molecule has 6 heteroatoms. The fourth-order valence-electron chi connectivity index (χ4n) is 3.04. The molecule has 2 atom stereocenters. The van der Waals surface area contributed by atoms with Crippen molar-refractivity contribution in [2.45, 2.75) is 46.2 Å². The van der Waals surface area contributed by atoms with Gasteiger partial charge in [0.15, 0.2) is 0 Å². The number of aryl methyl sites for hydroxylation is 2. The van der Waals surface area contributed by atoms with Crippen molar-refractivity contribution < 1.29 is 14.3 Å². The first-order chi connectivity index (χ1) is 12.3. The Hall–Kier alpha value is -2.05. The zero-order valence-corrected chi connectivity index (χ0v) is 17.1. The molecule has 1 aromatic carbocycles. The van der Waals surface area contributed by atoms with Crippen LogP contribution in [0.1, 0.15) is 41.6 Å². The number of thiophene rings is 1. The standard InChI is InChI=1S/C20H28N2O3S/c1-12(21-14(3)17-10-13(2)26-15(17)4)9-20(23)22-18-8-7-16(24-5)11-19(18)25-6/h7-8,10-12,14,21H,9H2,1-6H3,(H,22,23). The van der Waals surface area contributed by atoms with Gasteiger partial charge >= 0.3 is 0 Å². The second-order valence-corrected chi connectivity index (χ2v) is 7.94. The van der Waals surface area contributed by atoms with E-state index in [1.165, 1.54) is 15.3 Å². The Balaban J connectivity index is 1.94. The number of hydrogen-bond acceptors (Lipinski definition) is 5. The second-order valence-electron chi connectivity index (χ2n) is 6.48. The number of carbonyl (C=O) groups is 1. The number of carbonyl (C=O) groups excluding carboxylic acids is 1. The maximum absolute atomic E-state index is 12.4. The van der Waals surface area contributed by atoms with E-state index in [2.05, 4.69) is 37.5 Å². The molecule has 2 rings (SSSR count). The second kappa shape index (κ2) is 9.05. The molecule has 0 spiro atoms. The van der Waals surface area contributed by atoms with Crippen molar-refractivity contribution in [3.8, 4) is 11.5 Å². The molecule has 1 aromatic heterocycles. The van der Waals surface area contributed by atoms with Gasteiger partial charge in [-0.3, -0.25) is 4.79 Å². The Morgan fingerprint density at radius 3 is 2.46 bits per heavy atom. The van der Waals surface area contributed by atoms with Crippen molar-refractivity contribution >= 4 is 22.9 Å². The van der Waals surface area contributed by atoms with Crippen LogP contribution >= 0.6 is 11.3 Å². The van der Waals surface area contributed by atoms with Gasteiger partial charge < -0.3 is 20.1 Å². The monoisotopic (exact) mass is 376 g/mol. The molecular formula is C20H28N2O3S. The van der Waals surface area contributed by atoms with Crippen LogP contribution in [0.15, 0.2) is 24.3 Å². The highest BCUT2D eigenvalue weighted by Crippen LogP contribution is 2.29. The Morgan fingerprint density at radius 1 is 1.15 bits per heavy atom. The number of hydrogen-bond donors (Lipinski definition) is 2. The van der Waals surface area contributed by atoms with E-state index in [0.717, 1.165) is 0 Å². The topological polar surface area (TPSA) is 59.6 Å². The summed E-state index contributed by atoms with van der Waals surface area (Å²) in [7, 11) is 3.17. The fraction of sp³-hybridized carbons (Fsp3) is 0.450. The smallest absolute Gasteiger partial charge is 0.226 e. The normalized spacial score (nSPS) is 13.2. The Labute approximate surface area is 159 Å². The molecular weight excluding hydrogens is 348 g/mol. The number of rotatable bonds is 8. The van der Waals surface area contributed by atoms with Gasteiger partial charge in [0.05, 0.1) is 19.9 Å².